The molecule has 1 heterocycles. The molecule has 0 aliphatic heterocycles. The Balaban J connectivity index is 1.96. The van der Waals surface area contributed by atoms with E-state index in [-0.39, 0.29) is 0 Å². The molecule has 5 nitrogen and oxygen atoms in total. The van der Waals surface area contributed by atoms with Crippen LogP contribution in [0.5, 0.6) is 5.75 Å². The van der Waals surface area contributed by atoms with Crippen molar-refractivity contribution in [1.29, 1.82) is 0 Å². The van der Waals surface area contributed by atoms with Crippen LogP contribution in [0.2, 0.25) is 0 Å². The van der Waals surface area contributed by atoms with Crippen LogP contribution >= 0.6 is 0 Å². The summed E-state index contributed by atoms with van der Waals surface area (Å²) in [4.78, 5) is 0. The van der Waals surface area contributed by atoms with Gasteiger partial charge >= 0.3 is 0 Å². The highest BCUT2D eigenvalue weighted by atomic mass is 32.2. The predicted molar refractivity (Wildman–Crippen MR) is 84.6 cm³/mol. The minimum Gasteiger partial charge on any atom is -0.496 e. The molecule has 6 heteroatoms. The number of ether oxygens (including phenoxy) is 1. The number of fused-ring (bicyclic) bond motifs is 3. The number of aromatic nitrogens is 1. The number of rotatable bonds is 5. The first-order valence-corrected chi connectivity index (χ1v) is 8.93. The summed E-state index contributed by atoms with van der Waals surface area (Å²) in [7, 11) is -1.79. The summed E-state index contributed by atoms with van der Waals surface area (Å²) in [5.41, 5.74) is 4.65. The lowest BCUT2D eigenvalue weighted by atomic mass is 10.1. The maximum Gasteiger partial charge on any atom is 0.264 e. The Labute approximate surface area is 130 Å². The van der Waals surface area contributed by atoms with Crippen molar-refractivity contribution in [2.45, 2.75) is 26.0 Å². The van der Waals surface area contributed by atoms with Crippen LogP contribution in [0.4, 0.5) is 0 Å². The summed E-state index contributed by atoms with van der Waals surface area (Å²) in [6.07, 6.45) is 3.49. The molecule has 0 spiro atoms. The molecule has 22 heavy (non-hydrogen) atoms. The van der Waals surface area contributed by atoms with Crippen molar-refractivity contribution in [3.63, 3.8) is 0 Å². The standard InChI is InChI=1S/C16H19NO4S/c1-11(21-22(3,18)19)10-17-8-7-13-9-12-5-4-6-14(20-2)15(12)16(13)17/h4-8,11H,9-10H2,1-3H3. The summed E-state index contributed by atoms with van der Waals surface area (Å²) in [6, 6.07) is 8.10. The maximum absolute atomic E-state index is 11.3. The van der Waals surface area contributed by atoms with Gasteiger partial charge in [0.05, 0.1) is 31.7 Å². The molecule has 3 rings (SSSR count). The third-order valence-electron chi connectivity index (χ3n) is 3.79. The summed E-state index contributed by atoms with van der Waals surface area (Å²) >= 11 is 0. The second kappa shape index (κ2) is 5.44. The van der Waals surface area contributed by atoms with E-state index < -0.39 is 16.2 Å². The highest BCUT2D eigenvalue weighted by Gasteiger charge is 2.26. The molecule has 0 radical (unpaired) electrons. The van der Waals surface area contributed by atoms with Crippen LogP contribution in [0, 0.1) is 0 Å². The van der Waals surface area contributed by atoms with E-state index in [1.807, 2.05) is 22.9 Å². The normalized spacial score (nSPS) is 14.5. The van der Waals surface area contributed by atoms with Gasteiger partial charge in [0.1, 0.15) is 5.75 Å². The number of hydrogen-bond donors (Lipinski definition) is 0. The molecule has 1 aromatic heterocycles. The number of benzene rings is 1. The Morgan fingerprint density at radius 1 is 1.27 bits per heavy atom. The van der Waals surface area contributed by atoms with E-state index in [1.54, 1.807) is 14.0 Å². The van der Waals surface area contributed by atoms with Gasteiger partial charge in [-0.1, -0.05) is 12.1 Å². The summed E-state index contributed by atoms with van der Waals surface area (Å²) in [5, 5.41) is 0. The Bertz CT molecular complexity index is 808. The van der Waals surface area contributed by atoms with Gasteiger partial charge in [-0.15, -0.1) is 0 Å². The zero-order valence-corrected chi connectivity index (χ0v) is 13.7. The molecule has 2 aromatic rings. The molecule has 1 unspecified atom stereocenters. The first kappa shape index (κ1) is 15.1. The second-order valence-electron chi connectivity index (χ2n) is 5.62. The van der Waals surface area contributed by atoms with Gasteiger partial charge in [-0.05, 0) is 30.2 Å². The minimum absolute atomic E-state index is 0.426. The molecule has 0 bridgehead atoms. The third-order valence-corrected chi connectivity index (χ3v) is 4.47. The van der Waals surface area contributed by atoms with E-state index in [9.17, 15) is 8.42 Å². The van der Waals surface area contributed by atoms with Crippen LogP contribution in [0.3, 0.4) is 0 Å². The average Bonchev–Trinajstić information content (AvgIpc) is 2.96. The first-order valence-electron chi connectivity index (χ1n) is 7.11. The molecule has 0 amide bonds. The lowest BCUT2D eigenvalue weighted by Gasteiger charge is -2.16. The third kappa shape index (κ3) is 2.76. The molecular formula is C16H19NO4S. The van der Waals surface area contributed by atoms with Crippen LogP contribution in [0.15, 0.2) is 30.5 Å². The average molecular weight is 321 g/mol. The highest BCUT2D eigenvalue weighted by molar-refractivity contribution is 7.86. The maximum atomic E-state index is 11.3. The lowest BCUT2D eigenvalue weighted by Crippen LogP contribution is -2.20. The highest BCUT2D eigenvalue weighted by Crippen LogP contribution is 2.43. The SMILES string of the molecule is COc1cccc2c1-c1c(ccn1CC(C)OS(C)(=O)=O)C2. The predicted octanol–water partition coefficient (Wildman–Crippen LogP) is 2.43. The molecule has 0 N–H and O–H groups in total. The van der Waals surface area contributed by atoms with Gasteiger partial charge in [0.15, 0.2) is 0 Å². The van der Waals surface area contributed by atoms with Crippen LogP contribution < -0.4 is 4.74 Å². The van der Waals surface area contributed by atoms with Crippen molar-refractivity contribution in [1.82, 2.24) is 4.57 Å². The molecule has 0 saturated heterocycles. The van der Waals surface area contributed by atoms with Crippen molar-refractivity contribution < 1.29 is 17.3 Å². The molecule has 1 aromatic carbocycles. The Kier molecular flexibility index (Phi) is 3.74. The van der Waals surface area contributed by atoms with E-state index in [4.69, 9.17) is 8.92 Å². The number of hydrogen-bond acceptors (Lipinski definition) is 4. The van der Waals surface area contributed by atoms with E-state index in [0.29, 0.717) is 6.54 Å². The van der Waals surface area contributed by atoms with Crippen molar-refractivity contribution in [3.05, 3.63) is 41.6 Å². The van der Waals surface area contributed by atoms with Gasteiger partial charge in [0.25, 0.3) is 10.1 Å². The zero-order chi connectivity index (χ0) is 15.9. The zero-order valence-electron chi connectivity index (χ0n) is 12.9. The van der Waals surface area contributed by atoms with Crippen molar-refractivity contribution >= 4 is 10.1 Å². The minimum atomic E-state index is -3.45. The van der Waals surface area contributed by atoms with Crippen molar-refractivity contribution in [3.8, 4) is 17.0 Å². The quantitative estimate of drug-likeness (QED) is 0.677. The molecule has 1 aliphatic carbocycles. The lowest BCUT2D eigenvalue weighted by molar-refractivity contribution is 0.210. The monoisotopic (exact) mass is 321 g/mol. The van der Waals surface area contributed by atoms with E-state index in [2.05, 4.69) is 12.1 Å². The van der Waals surface area contributed by atoms with Crippen LogP contribution in [0.25, 0.3) is 11.3 Å². The molecule has 0 saturated carbocycles. The van der Waals surface area contributed by atoms with Crippen molar-refractivity contribution in [2.75, 3.05) is 13.4 Å². The van der Waals surface area contributed by atoms with Gasteiger partial charge in [0, 0.05) is 18.2 Å². The molecule has 1 atom stereocenters. The largest absolute Gasteiger partial charge is 0.496 e. The van der Waals surface area contributed by atoms with Gasteiger partial charge in [-0.25, -0.2) is 0 Å². The fourth-order valence-corrected chi connectivity index (χ4v) is 3.75. The molecular weight excluding hydrogens is 302 g/mol. The van der Waals surface area contributed by atoms with E-state index in [1.165, 1.54) is 11.1 Å². The van der Waals surface area contributed by atoms with E-state index >= 15 is 0 Å². The van der Waals surface area contributed by atoms with Crippen LogP contribution in [0.1, 0.15) is 18.1 Å². The van der Waals surface area contributed by atoms with Crippen LogP contribution in [-0.2, 0) is 27.3 Å². The second-order valence-corrected chi connectivity index (χ2v) is 7.22. The first-order chi connectivity index (χ1) is 10.4. The van der Waals surface area contributed by atoms with E-state index in [0.717, 1.165) is 29.7 Å². The number of nitrogens with zero attached hydrogens (tertiary/aromatic N) is 1. The summed E-state index contributed by atoms with van der Waals surface area (Å²) in [6.45, 7) is 2.23. The van der Waals surface area contributed by atoms with Gasteiger partial charge in [-0.3, -0.25) is 4.18 Å². The Morgan fingerprint density at radius 2 is 2.05 bits per heavy atom. The topological polar surface area (TPSA) is 57.5 Å². The van der Waals surface area contributed by atoms with Crippen LogP contribution in [-0.4, -0.2) is 32.5 Å². The Morgan fingerprint density at radius 3 is 2.73 bits per heavy atom. The van der Waals surface area contributed by atoms with Crippen molar-refractivity contribution in [2.24, 2.45) is 0 Å². The number of methoxy groups -OCH3 is 1. The summed E-state index contributed by atoms with van der Waals surface area (Å²) < 4.78 is 35.1. The fraction of sp³-hybridized carbons (Fsp3) is 0.375. The van der Waals surface area contributed by atoms with Gasteiger partial charge in [0.2, 0.25) is 0 Å². The molecule has 0 fully saturated rings. The smallest absolute Gasteiger partial charge is 0.264 e. The molecule has 1 aliphatic rings. The van der Waals surface area contributed by atoms with Gasteiger partial charge < -0.3 is 9.30 Å². The summed E-state index contributed by atoms with van der Waals surface area (Å²) in [5.74, 6) is 0.841. The van der Waals surface area contributed by atoms with Gasteiger partial charge in [-0.2, -0.15) is 8.42 Å². The fourth-order valence-electron chi connectivity index (χ4n) is 3.09. The molecule has 118 valence electrons. The Hall–Kier alpha value is -1.79.